The van der Waals surface area contributed by atoms with Gasteiger partial charge in [0.1, 0.15) is 6.04 Å². The van der Waals surface area contributed by atoms with Crippen molar-refractivity contribution in [2.75, 3.05) is 17.3 Å². The van der Waals surface area contributed by atoms with Gasteiger partial charge in [-0.3, -0.25) is 9.36 Å². The predicted molar refractivity (Wildman–Crippen MR) is 94.8 cm³/mol. The van der Waals surface area contributed by atoms with Crippen molar-refractivity contribution in [3.8, 4) is 0 Å². The topological polar surface area (TPSA) is 85.8 Å². The SMILES string of the molecule is CC[C@H](C(=O)Nc1c(C)cc(C)cc1C)n1c(N)nnc1SC. The van der Waals surface area contributed by atoms with Crippen LogP contribution in [0.4, 0.5) is 11.6 Å². The van der Waals surface area contributed by atoms with E-state index in [2.05, 4.69) is 27.6 Å². The molecule has 1 amide bonds. The molecule has 1 heterocycles. The number of thioether (sulfide) groups is 1. The summed E-state index contributed by atoms with van der Waals surface area (Å²) in [5.41, 5.74) is 10.0. The molecule has 7 heteroatoms. The van der Waals surface area contributed by atoms with Crippen LogP contribution in [0.2, 0.25) is 0 Å². The zero-order valence-corrected chi connectivity index (χ0v) is 15.0. The monoisotopic (exact) mass is 333 g/mol. The van der Waals surface area contributed by atoms with Crippen LogP contribution in [0.25, 0.3) is 0 Å². The quantitative estimate of drug-likeness (QED) is 0.821. The fraction of sp³-hybridized carbons (Fsp3) is 0.438. The lowest BCUT2D eigenvalue weighted by Crippen LogP contribution is -2.27. The van der Waals surface area contributed by atoms with Crippen LogP contribution in [-0.4, -0.2) is 26.9 Å². The van der Waals surface area contributed by atoms with Gasteiger partial charge in [-0.15, -0.1) is 10.2 Å². The molecule has 0 saturated heterocycles. The zero-order valence-electron chi connectivity index (χ0n) is 14.2. The first-order valence-electron chi connectivity index (χ1n) is 7.52. The van der Waals surface area contributed by atoms with Gasteiger partial charge in [0.25, 0.3) is 0 Å². The molecule has 23 heavy (non-hydrogen) atoms. The minimum absolute atomic E-state index is 0.107. The summed E-state index contributed by atoms with van der Waals surface area (Å²) in [5.74, 6) is 0.151. The Morgan fingerprint density at radius 3 is 2.43 bits per heavy atom. The van der Waals surface area contributed by atoms with E-state index in [0.29, 0.717) is 11.6 Å². The fourth-order valence-electron chi connectivity index (χ4n) is 2.79. The maximum Gasteiger partial charge on any atom is 0.247 e. The van der Waals surface area contributed by atoms with Gasteiger partial charge in [-0.2, -0.15) is 0 Å². The number of rotatable bonds is 5. The second-order valence-electron chi connectivity index (χ2n) is 5.60. The van der Waals surface area contributed by atoms with E-state index in [9.17, 15) is 4.79 Å². The molecule has 2 aromatic rings. The highest BCUT2D eigenvalue weighted by Crippen LogP contribution is 2.27. The normalized spacial score (nSPS) is 12.2. The molecule has 0 aliphatic carbocycles. The number of carbonyl (C=O) groups excluding carboxylic acids is 1. The van der Waals surface area contributed by atoms with Crippen molar-refractivity contribution < 1.29 is 4.79 Å². The van der Waals surface area contributed by atoms with Crippen LogP contribution in [0, 0.1) is 20.8 Å². The van der Waals surface area contributed by atoms with Crippen LogP contribution in [0.1, 0.15) is 36.1 Å². The van der Waals surface area contributed by atoms with Gasteiger partial charge in [0.15, 0.2) is 5.16 Å². The van der Waals surface area contributed by atoms with Gasteiger partial charge in [-0.25, -0.2) is 0 Å². The van der Waals surface area contributed by atoms with E-state index in [1.165, 1.54) is 17.3 Å². The standard InChI is InChI=1S/C16H23N5OS/c1-6-12(21-15(17)19-20-16(21)23-5)14(22)18-13-10(3)7-9(2)8-11(13)4/h7-8,12H,6H2,1-5H3,(H2,17,19)(H,18,22)/t12-/m1/s1. The van der Waals surface area contributed by atoms with Gasteiger partial charge in [0, 0.05) is 5.69 Å². The molecule has 0 fully saturated rings. The second kappa shape index (κ2) is 7.04. The molecule has 0 bridgehead atoms. The summed E-state index contributed by atoms with van der Waals surface area (Å²) >= 11 is 1.42. The highest BCUT2D eigenvalue weighted by molar-refractivity contribution is 7.98. The van der Waals surface area contributed by atoms with E-state index in [-0.39, 0.29) is 11.9 Å². The average Bonchev–Trinajstić information content (AvgIpc) is 2.85. The number of nitrogens with one attached hydrogen (secondary N) is 1. The van der Waals surface area contributed by atoms with Gasteiger partial charge in [0.05, 0.1) is 0 Å². The molecule has 0 aliphatic heterocycles. The van der Waals surface area contributed by atoms with Gasteiger partial charge < -0.3 is 11.1 Å². The average molecular weight is 333 g/mol. The van der Waals surface area contributed by atoms with Crippen LogP contribution in [0.3, 0.4) is 0 Å². The van der Waals surface area contributed by atoms with Crippen molar-refractivity contribution in [1.29, 1.82) is 0 Å². The third-order valence-electron chi connectivity index (χ3n) is 3.80. The van der Waals surface area contributed by atoms with E-state index in [4.69, 9.17) is 5.73 Å². The Hall–Kier alpha value is -2.02. The van der Waals surface area contributed by atoms with Gasteiger partial charge >= 0.3 is 0 Å². The lowest BCUT2D eigenvalue weighted by Gasteiger charge is -2.20. The van der Waals surface area contributed by atoms with Gasteiger partial charge in [-0.05, 0) is 44.6 Å². The first-order valence-corrected chi connectivity index (χ1v) is 8.74. The van der Waals surface area contributed by atoms with Crippen molar-refractivity contribution in [3.63, 3.8) is 0 Å². The molecular weight excluding hydrogens is 310 g/mol. The van der Waals surface area contributed by atoms with Gasteiger partial charge in [-0.1, -0.05) is 36.4 Å². The summed E-state index contributed by atoms with van der Waals surface area (Å²) in [4.78, 5) is 12.8. The van der Waals surface area contributed by atoms with E-state index in [0.717, 1.165) is 16.8 Å². The molecule has 1 atom stereocenters. The van der Waals surface area contributed by atoms with Crippen LogP contribution in [-0.2, 0) is 4.79 Å². The summed E-state index contributed by atoms with van der Waals surface area (Å²) in [6, 6.07) is 3.68. The van der Waals surface area contributed by atoms with Crippen molar-refractivity contribution in [1.82, 2.24) is 14.8 Å². The first kappa shape index (κ1) is 17.3. The molecule has 6 nitrogen and oxygen atoms in total. The van der Waals surface area contributed by atoms with Crippen LogP contribution >= 0.6 is 11.8 Å². The number of aromatic nitrogens is 3. The minimum Gasteiger partial charge on any atom is -0.368 e. The third-order valence-corrected chi connectivity index (χ3v) is 4.44. The Kier molecular flexibility index (Phi) is 5.30. The third kappa shape index (κ3) is 3.50. The molecule has 124 valence electrons. The largest absolute Gasteiger partial charge is 0.368 e. The Morgan fingerprint density at radius 1 is 1.30 bits per heavy atom. The number of amides is 1. The number of aryl methyl sites for hydroxylation is 3. The minimum atomic E-state index is -0.437. The van der Waals surface area contributed by atoms with E-state index in [1.54, 1.807) is 4.57 Å². The van der Waals surface area contributed by atoms with Crippen molar-refractivity contribution in [2.45, 2.75) is 45.3 Å². The molecule has 0 unspecified atom stereocenters. The van der Waals surface area contributed by atoms with E-state index >= 15 is 0 Å². The number of benzene rings is 1. The molecule has 3 N–H and O–H groups in total. The van der Waals surface area contributed by atoms with Gasteiger partial charge in [0.2, 0.25) is 11.9 Å². The second-order valence-corrected chi connectivity index (χ2v) is 6.38. The van der Waals surface area contributed by atoms with Crippen LogP contribution < -0.4 is 11.1 Å². The summed E-state index contributed by atoms with van der Waals surface area (Å²) in [6.07, 6.45) is 2.49. The maximum absolute atomic E-state index is 12.8. The fourth-order valence-corrected chi connectivity index (χ4v) is 3.33. The van der Waals surface area contributed by atoms with E-state index in [1.807, 2.05) is 34.0 Å². The summed E-state index contributed by atoms with van der Waals surface area (Å²) in [5, 5.41) is 11.6. The number of nitrogen functional groups attached to an aromatic ring is 1. The first-order chi connectivity index (χ1) is 10.9. The molecule has 0 spiro atoms. The van der Waals surface area contributed by atoms with Crippen LogP contribution in [0.5, 0.6) is 0 Å². The number of carbonyl (C=O) groups is 1. The Morgan fingerprint density at radius 2 is 1.91 bits per heavy atom. The van der Waals surface area contributed by atoms with Crippen molar-refractivity contribution >= 4 is 29.3 Å². The van der Waals surface area contributed by atoms with Crippen molar-refractivity contribution in [2.24, 2.45) is 0 Å². The summed E-state index contributed by atoms with van der Waals surface area (Å²) in [6.45, 7) is 7.99. The van der Waals surface area contributed by atoms with E-state index < -0.39 is 6.04 Å². The highest BCUT2D eigenvalue weighted by Gasteiger charge is 2.25. The molecule has 0 radical (unpaired) electrons. The molecule has 2 rings (SSSR count). The number of nitrogens with zero attached hydrogens (tertiary/aromatic N) is 3. The lowest BCUT2D eigenvalue weighted by molar-refractivity contribution is -0.119. The highest BCUT2D eigenvalue weighted by atomic mass is 32.2. The molecule has 0 aliphatic rings. The molecule has 1 aromatic heterocycles. The molecular formula is C16H23N5OS. The predicted octanol–water partition coefficient (Wildman–Crippen LogP) is 3.10. The smallest absolute Gasteiger partial charge is 0.247 e. The number of hydrogen-bond donors (Lipinski definition) is 2. The summed E-state index contributed by atoms with van der Waals surface area (Å²) in [7, 11) is 0. The number of hydrogen-bond acceptors (Lipinski definition) is 5. The molecule has 1 aromatic carbocycles. The maximum atomic E-state index is 12.8. The molecule has 0 saturated carbocycles. The summed E-state index contributed by atoms with van der Waals surface area (Å²) < 4.78 is 1.69. The Bertz CT molecular complexity index is 702. The van der Waals surface area contributed by atoms with Crippen molar-refractivity contribution in [3.05, 3.63) is 28.8 Å². The lowest BCUT2D eigenvalue weighted by atomic mass is 10.0. The zero-order chi connectivity index (χ0) is 17.1. The van der Waals surface area contributed by atoms with Crippen LogP contribution in [0.15, 0.2) is 17.3 Å². The number of nitrogens with two attached hydrogens (primary N) is 1. The number of anilines is 2. The Balaban J connectivity index is 2.33. The Labute approximate surface area is 140 Å².